The molecular formula is C20H18F3N5O3. The first-order valence-electron chi connectivity index (χ1n) is 9.22. The standard InChI is InChI=1S/C20H18F3N5O3/c1-2-11-31-17-6-4-3-5-16(17)26-18-15(20(21,22)23)12-24-19(27-18)25-13-7-9-14(10-8-13)28(29)30/h3-10,12H,2,11H2,1H3,(H2,24,25,26,27). The lowest BCUT2D eigenvalue weighted by molar-refractivity contribution is -0.384. The molecule has 2 N–H and O–H groups in total. The van der Waals surface area contributed by atoms with E-state index < -0.39 is 22.5 Å². The minimum Gasteiger partial charge on any atom is -0.491 e. The topological polar surface area (TPSA) is 102 Å². The summed E-state index contributed by atoms with van der Waals surface area (Å²) in [5.41, 5.74) is -0.471. The van der Waals surface area contributed by atoms with Gasteiger partial charge in [-0.1, -0.05) is 19.1 Å². The Kier molecular flexibility index (Phi) is 6.53. The van der Waals surface area contributed by atoms with E-state index in [1.807, 2.05) is 6.92 Å². The Morgan fingerprint density at radius 2 is 1.81 bits per heavy atom. The number of benzene rings is 2. The Bertz CT molecular complexity index is 1060. The fourth-order valence-corrected chi connectivity index (χ4v) is 2.58. The van der Waals surface area contributed by atoms with Crippen LogP contribution in [0.25, 0.3) is 0 Å². The molecule has 0 aliphatic heterocycles. The maximum Gasteiger partial charge on any atom is 0.421 e. The van der Waals surface area contributed by atoms with Crippen LogP contribution in [-0.2, 0) is 6.18 Å². The van der Waals surface area contributed by atoms with Gasteiger partial charge < -0.3 is 15.4 Å². The van der Waals surface area contributed by atoms with Gasteiger partial charge in [-0.05, 0) is 30.7 Å². The van der Waals surface area contributed by atoms with Gasteiger partial charge in [-0.25, -0.2) is 4.98 Å². The van der Waals surface area contributed by atoms with Crippen LogP contribution in [-0.4, -0.2) is 21.5 Å². The second kappa shape index (κ2) is 9.28. The monoisotopic (exact) mass is 433 g/mol. The molecule has 0 bridgehead atoms. The van der Waals surface area contributed by atoms with Crippen molar-refractivity contribution in [2.45, 2.75) is 19.5 Å². The number of para-hydroxylation sites is 2. The fourth-order valence-electron chi connectivity index (χ4n) is 2.58. The Balaban J connectivity index is 1.92. The van der Waals surface area contributed by atoms with Crippen molar-refractivity contribution >= 4 is 28.8 Å². The minimum atomic E-state index is -4.69. The van der Waals surface area contributed by atoms with Crippen LogP contribution in [0.2, 0.25) is 0 Å². The zero-order valence-corrected chi connectivity index (χ0v) is 16.3. The number of aromatic nitrogens is 2. The van der Waals surface area contributed by atoms with E-state index in [0.717, 1.165) is 6.42 Å². The van der Waals surface area contributed by atoms with E-state index in [2.05, 4.69) is 20.6 Å². The number of nitro benzene ring substituents is 1. The first-order chi connectivity index (χ1) is 14.8. The summed E-state index contributed by atoms with van der Waals surface area (Å²) in [5, 5.41) is 16.2. The van der Waals surface area contributed by atoms with Gasteiger partial charge in [0, 0.05) is 24.0 Å². The van der Waals surface area contributed by atoms with E-state index in [0.29, 0.717) is 29.9 Å². The van der Waals surface area contributed by atoms with E-state index in [1.165, 1.54) is 24.3 Å². The molecule has 11 heteroatoms. The second-order valence-electron chi connectivity index (χ2n) is 6.35. The van der Waals surface area contributed by atoms with Crippen LogP contribution in [0, 0.1) is 10.1 Å². The van der Waals surface area contributed by atoms with Crippen LogP contribution < -0.4 is 15.4 Å². The van der Waals surface area contributed by atoms with Gasteiger partial charge in [0.1, 0.15) is 17.1 Å². The normalized spacial score (nSPS) is 11.1. The molecule has 0 aliphatic carbocycles. The molecule has 0 saturated heterocycles. The Morgan fingerprint density at radius 1 is 1.10 bits per heavy atom. The van der Waals surface area contributed by atoms with Crippen LogP contribution >= 0.6 is 0 Å². The van der Waals surface area contributed by atoms with Crippen molar-refractivity contribution in [2.75, 3.05) is 17.2 Å². The summed E-state index contributed by atoms with van der Waals surface area (Å²) in [7, 11) is 0. The highest BCUT2D eigenvalue weighted by Crippen LogP contribution is 2.37. The average molecular weight is 433 g/mol. The predicted molar refractivity (Wildman–Crippen MR) is 109 cm³/mol. The van der Waals surface area contributed by atoms with Crippen LogP contribution in [0.1, 0.15) is 18.9 Å². The number of nitrogens with one attached hydrogen (secondary N) is 2. The molecule has 0 spiro atoms. The quantitative estimate of drug-likeness (QED) is 0.348. The molecule has 31 heavy (non-hydrogen) atoms. The lowest BCUT2D eigenvalue weighted by Gasteiger charge is -2.17. The van der Waals surface area contributed by atoms with E-state index in [9.17, 15) is 23.3 Å². The number of rotatable bonds is 8. The van der Waals surface area contributed by atoms with Gasteiger partial charge in [0.05, 0.1) is 17.2 Å². The maximum absolute atomic E-state index is 13.5. The van der Waals surface area contributed by atoms with Gasteiger partial charge >= 0.3 is 6.18 Å². The summed E-state index contributed by atoms with van der Waals surface area (Å²) in [6.45, 7) is 2.32. The largest absolute Gasteiger partial charge is 0.491 e. The van der Waals surface area contributed by atoms with Gasteiger partial charge in [-0.3, -0.25) is 10.1 Å². The SMILES string of the molecule is CCCOc1ccccc1Nc1nc(Nc2ccc([N+](=O)[O-])cc2)ncc1C(F)(F)F. The number of anilines is 4. The minimum absolute atomic E-state index is 0.115. The summed E-state index contributed by atoms with van der Waals surface area (Å²) in [5.74, 6) is -0.184. The van der Waals surface area contributed by atoms with Crippen molar-refractivity contribution in [3.8, 4) is 5.75 Å². The molecule has 0 aliphatic rings. The van der Waals surface area contributed by atoms with E-state index in [1.54, 1.807) is 24.3 Å². The molecule has 162 valence electrons. The maximum atomic E-state index is 13.5. The second-order valence-corrected chi connectivity index (χ2v) is 6.35. The molecular weight excluding hydrogens is 415 g/mol. The van der Waals surface area contributed by atoms with Crippen molar-refractivity contribution < 1.29 is 22.8 Å². The molecule has 0 radical (unpaired) electrons. The van der Waals surface area contributed by atoms with Gasteiger partial charge in [0.25, 0.3) is 5.69 Å². The molecule has 2 aromatic carbocycles. The summed E-state index contributed by atoms with van der Waals surface area (Å²) in [4.78, 5) is 17.9. The number of nitrogens with zero attached hydrogens (tertiary/aromatic N) is 3. The zero-order valence-electron chi connectivity index (χ0n) is 16.3. The van der Waals surface area contributed by atoms with Crippen LogP contribution in [0.15, 0.2) is 54.7 Å². The van der Waals surface area contributed by atoms with Gasteiger partial charge in [-0.2, -0.15) is 18.2 Å². The summed E-state index contributed by atoms with van der Waals surface area (Å²) >= 11 is 0. The highest BCUT2D eigenvalue weighted by atomic mass is 19.4. The van der Waals surface area contributed by atoms with E-state index in [-0.39, 0.29) is 11.6 Å². The number of non-ortho nitro benzene ring substituents is 1. The lowest BCUT2D eigenvalue weighted by atomic mass is 10.2. The average Bonchev–Trinajstić information content (AvgIpc) is 2.73. The first kappa shape index (κ1) is 21.8. The molecule has 0 fully saturated rings. The molecule has 0 amide bonds. The van der Waals surface area contributed by atoms with Crippen LogP contribution in [0.3, 0.4) is 0 Å². The van der Waals surface area contributed by atoms with Crippen molar-refractivity contribution in [3.63, 3.8) is 0 Å². The zero-order chi connectivity index (χ0) is 22.4. The van der Waals surface area contributed by atoms with E-state index in [4.69, 9.17) is 4.74 Å². The third-order valence-electron chi connectivity index (χ3n) is 4.03. The number of hydrogen-bond donors (Lipinski definition) is 2. The van der Waals surface area contributed by atoms with Crippen LogP contribution in [0.5, 0.6) is 5.75 Å². The van der Waals surface area contributed by atoms with E-state index >= 15 is 0 Å². The Hall–Kier alpha value is -3.89. The molecule has 1 heterocycles. The van der Waals surface area contributed by atoms with Crippen LogP contribution in [0.4, 0.5) is 42.0 Å². The van der Waals surface area contributed by atoms with Gasteiger partial charge in [0.15, 0.2) is 0 Å². The van der Waals surface area contributed by atoms with Crippen molar-refractivity contribution in [1.82, 2.24) is 9.97 Å². The van der Waals surface area contributed by atoms with Crippen molar-refractivity contribution in [1.29, 1.82) is 0 Å². The van der Waals surface area contributed by atoms with Gasteiger partial charge in [-0.15, -0.1) is 0 Å². The number of alkyl halides is 3. The number of ether oxygens (including phenoxy) is 1. The van der Waals surface area contributed by atoms with Crippen molar-refractivity contribution in [2.24, 2.45) is 0 Å². The third-order valence-corrected chi connectivity index (χ3v) is 4.03. The molecule has 8 nitrogen and oxygen atoms in total. The highest BCUT2D eigenvalue weighted by Gasteiger charge is 2.35. The predicted octanol–water partition coefficient (Wildman–Crippen LogP) is 5.68. The van der Waals surface area contributed by atoms with Crippen molar-refractivity contribution in [3.05, 3.63) is 70.4 Å². The lowest BCUT2D eigenvalue weighted by Crippen LogP contribution is -2.13. The summed E-state index contributed by atoms with van der Waals surface area (Å²) in [6, 6.07) is 11.9. The molecule has 3 aromatic rings. The molecule has 1 aromatic heterocycles. The molecule has 3 rings (SSSR count). The first-order valence-corrected chi connectivity index (χ1v) is 9.22. The fraction of sp³-hybridized carbons (Fsp3) is 0.200. The molecule has 0 saturated carbocycles. The third kappa shape index (κ3) is 5.59. The molecule has 0 unspecified atom stereocenters. The Labute approximate surface area is 175 Å². The number of halogens is 3. The summed E-state index contributed by atoms with van der Waals surface area (Å²) in [6.07, 6.45) is -3.29. The number of nitro groups is 1. The Morgan fingerprint density at radius 3 is 2.45 bits per heavy atom. The summed E-state index contributed by atoms with van der Waals surface area (Å²) < 4.78 is 46.1. The van der Waals surface area contributed by atoms with Gasteiger partial charge in [0.2, 0.25) is 5.95 Å². The highest BCUT2D eigenvalue weighted by molar-refractivity contribution is 5.67. The molecule has 0 atom stereocenters. The smallest absolute Gasteiger partial charge is 0.421 e. The number of hydrogen-bond acceptors (Lipinski definition) is 7.